The Morgan fingerprint density at radius 1 is 1.43 bits per heavy atom. The van der Waals surface area contributed by atoms with E-state index in [-0.39, 0.29) is 6.10 Å². The van der Waals surface area contributed by atoms with Crippen LogP contribution in [0.2, 0.25) is 0 Å². The first-order valence-corrected chi connectivity index (χ1v) is 6.76. The van der Waals surface area contributed by atoms with Crippen LogP contribution in [0.15, 0.2) is 35.4 Å². The fraction of sp³-hybridized carbons (Fsp3) is 0.571. The van der Waals surface area contributed by atoms with Crippen LogP contribution in [0.3, 0.4) is 0 Å². The predicted octanol–water partition coefficient (Wildman–Crippen LogP) is 2.00. The molecule has 21 heavy (non-hydrogen) atoms. The monoisotopic (exact) mass is 293 g/mol. The van der Waals surface area contributed by atoms with Crippen molar-refractivity contribution in [2.75, 3.05) is 13.7 Å². The Hall–Kier alpha value is -1.63. The highest BCUT2D eigenvalue weighted by molar-refractivity contribution is 5.13. The molecule has 1 saturated heterocycles. The molecule has 0 radical (unpaired) electrons. The van der Waals surface area contributed by atoms with E-state index in [1.807, 2.05) is 30.3 Å². The number of benzene rings is 1. The molecule has 0 saturated carbocycles. The highest BCUT2D eigenvalue weighted by atomic mass is 16.7. The van der Waals surface area contributed by atoms with Crippen LogP contribution in [0.25, 0.3) is 10.4 Å². The molecule has 7 heteroatoms. The van der Waals surface area contributed by atoms with Crippen molar-refractivity contribution in [1.29, 1.82) is 0 Å². The molecular formula is C14H19N3O4. The lowest BCUT2D eigenvalue weighted by atomic mass is 10.0. The van der Waals surface area contributed by atoms with Crippen molar-refractivity contribution in [3.8, 4) is 0 Å². The number of hydrogen-bond acceptors (Lipinski definition) is 5. The molecule has 0 aliphatic carbocycles. The van der Waals surface area contributed by atoms with Crippen LogP contribution >= 0.6 is 0 Å². The topological polar surface area (TPSA) is 96.7 Å². The van der Waals surface area contributed by atoms with E-state index in [0.717, 1.165) is 5.56 Å². The summed E-state index contributed by atoms with van der Waals surface area (Å²) in [5, 5.41) is 13.5. The van der Waals surface area contributed by atoms with Crippen molar-refractivity contribution in [3.05, 3.63) is 46.3 Å². The number of azide groups is 1. The Bertz CT molecular complexity index is 478. The van der Waals surface area contributed by atoms with Gasteiger partial charge in [-0.25, -0.2) is 0 Å². The van der Waals surface area contributed by atoms with Gasteiger partial charge in [-0.2, -0.15) is 0 Å². The molecule has 1 aromatic carbocycles. The molecular weight excluding hydrogens is 274 g/mol. The first-order valence-electron chi connectivity index (χ1n) is 6.76. The van der Waals surface area contributed by atoms with Crippen molar-refractivity contribution >= 4 is 0 Å². The lowest BCUT2D eigenvalue weighted by molar-refractivity contribution is -0.224. The van der Waals surface area contributed by atoms with Crippen molar-refractivity contribution in [2.45, 2.75) is 37.6 Å². The number of methoxy groups -OCH3 is 1. The largest absolute Gasteiger partial charge is 0.392 e. The summed E-state index contributed by atoms with van der Waals surface area (Å²) in [7, 11) is 1.45. The third-order valence-corrected chi connectivity index (χ3v) is 3.34. The van der Waals surface area contributed by atoms with E-state index < -0.39 is 18.4 Å². The van der Waals surface area contributed by atoms with Crippen molar-refractivity contribution in [3.63, 3.8) is 0 Å². The highest BCUT2D eigenvalue weighted by Crippen LogP contribution is 2.24. The Morgan fingerprint density at radius 2 is 2.19 bits per heavy atom. The number of aliphatic hydroxyl groups excluding tert-OH is 1. The van der Waals surface area contributed by atoms with Gasteiger partial charge in [0.1, 0.15) is 6.04 Å². The molecule has 4 atom stereocenters. The van der Waals surface area contributed by atoms with Gasteiger partial charge in [-0.15, -0.1) is 0 Å². The SMILES string of the molecule is CO[C@@H]1O[C@H](COCc2ccccc2)C[C@@H](O)[C@@H]1N=[N+]=[N-]. The quantitative estimate of drug-likeness (QED) is 0.493. The Labute approximate surface area is 123 Å². The minimum atomic E-state index is -0.801. The lowest BCUT2D eigenvalue weighted by Crippen LogP contribution is -2.49. The molecule has 1 aromatic rings. The lowest BCUT2D eigenvalue weighted by Gasteiger charge is -2.36. The molecule has 7 nitrogen and oxygen atoms in total. The molecule has 0 spiro atoms. The Morgan fingerprint density at radius 3 is 2.86 bits per heavy atom. The molecule has 1 aliphatic rings. The summed E-state index contributed by atoms with van der Waals surface area (Å²) in [6.07, 6.45) is -1.50. The van der Waals surface area contributed by atoms with Gasteiger partial charge in [0.25, 0.3) is 0 Å². The van der Waals surface area contributed by atoms with Crippen LogP contribution in [-0.4, -0.2) is 43.4 Å². The summed E-state index contributed by atoms with van der Waals surface area (Å²) in [6, 6.07) is 9.07. The third-order valence-electron chi connectivity index (χ3n) is 3.34. The van der Waals surface area contributed by atoms with Crippen molar-refractivity contribution in [1.82, 2.24) is 0 Å². The summed E-state index contributed by atoms with van der Waals surface area (Å²) in [5.41, 5.74) is 9.57. The standard InChI is InChI=1S/C14H19N3O4/c1-19-14-13(16-17-15)12(18)7-11(21-14)9-20-8-10-5-3-2-4-6-10/h2-6,11-14,18H,7-9H2,1H3/t11-,12+,13-,14+/m0/s1. The Kier molecular flexibility index (Phi) is 5.98. The van der Waals surface area contributed by atoms with E-state index in [4.69, 9.17) is 19.7 Å². The van der Waals surface area contributed by atoms with E-state index in [2.05, 4.69) is 10.0 Å². The van der Waals surface area contributed by atoms with Gasteiger partial charge >= 0.3 is 0 Å². The molecule has 1 aliphatic heterocycles. The Balaban J connectivity index is 1.83. The zero-order valence-corrected chi connectivity index (χ0v) is 11.8. The smallest absolute Gasteiger partial charge is 0.168 e. The maximum atomic E-state index is 10.0. The second-order valence-corrected chi connectivity index (χ2v) is 4.86. The summed E-state index contributed by atoms with van der Waals surface area (Å²) < 4.78 is 16.4. The van der Waals surface area contributed by atoms with Gasteiger partial charge in [-0.05, 0) is 11.1 Å². The van der Waals surface area contributed by atoms with E-state index in [0.29, 0.717) is 19.6 Å². The number of ether oxygens (including phenoxy) is 3. The normalized spacial score (nSPS) is 28.9. The number of rotatable bonds is 6. The van der Waals surface area contributed by atoms with Crippen LogP contribution in [-0.2, 0) is 20.8 Å². The van der Waals surface area contributed by atoms with Crippen LogP contribution < -0.4 is 0 Å². The number of aliphatic hydroxyl groups is 1. The summed E-state index contributed by atoms with van der Waals surface area (Å²) in [5.74, 6) is 0. The zero-order chi connectivity index (χ0) is 15.1. The number of nitrogens with zero attached hydrogens (tertiary/aromatic N) is 3. The van der Waals surface area contributed by atoms with Gasteiger partial charge in [0.05, 0.1) is 25.4 Å². The first-order chi connectivity index (χ1) is 10.2. The molecule has 1 heterocycles. The van der Waals surface area contributed by atoms with E-state index >= 15 is 0 Å². The fourth-order valence-electron chi connectivity index (χ4n) is 2.29. The predicted molar refractivity (Wildman–Crippen MR) is 75.3 cm³/mol. The van der Waals surface area contributed by atoms with Gasteiger partial charge < -0.3 is 19.3 Å². The summed E-state index contributed by atoms with van der Waals surface area (Å²) in [6.45, 7) is 0.822. The molecule has 0 bridgehead atoms. The van der Waals surface area contributed by atoms with E-state index in [9.17, 15) is 5.11 Å². The van der Waals surface area contributed by atoms with Crippen LogP contribution in [0, 0.1) is 0 Å². The van der Waals surface area contributed by atoms with E-state index in [1.165, 1.54) is 7.11 Å². The van der Waals surface area contributed by atoms with Gasteiger partial charge in [0.2, 0.25) is 0 Å². The minimum absolute atomic E-state index is 0.293. The molecule has 1 N–H and O–H groups in total. The molecule has 114 valence electrons. The molecule has 2 rings (SSSR count). The maximum absolute atomic E-state index is 10.0. The van der Waals surface area contributed by atoms with Crippen molar-refractivity contribution in [2.24, 2.45) is 5.11 Å². The molecule has 0 aromatic heterocycles. The van der Waals surface area contributed by atoms with Crippen LogP contribution in [0.1, 0.15) is 12.0 Å². The van der Waals surface area contributed by atoms with Gasteiger partial charge in [0, 0.05) is 18.4 Å². The molecule has 1 fully saturated rings. The summed E-state index contributed by atoms with van der Waals surface area (Å²) >= 11 is 0. The van der Waals surface area contributed by atoms with Gasteiger partial charge in [-0.1, -0.05) is 35.4 Å². The molecule has 0 unspecified atom stereocenters. The second-order valence-electron chi connectivity index (χ2n) is 4.86. The molecule has 0 amide bonds. The average molecular weight is 293 g/mol. The van der Waals surface area contributed by atoms with E-state index in [1.54, 1.807) is 0 Å². The minimum Gasteiger partial charge on any atom is -0.392 e. The zero-order valence-electron chi connectivity index (χ0n) is 11.8. The number of hydrogen-bond donors (Lipinski definition) is 1. The fourth-order valence-corrected chi connectivity index (χ4v) is 2.29. The van der Waals surface area contributed by atoms with Crippen LogP contribution in [0.4, 0.5) is 0 Å². The van der Waals surface area contributed by atoms with Crippen LogP contribution in [0.5, 0.6) is 0 Å². The third kappa shape index (κ3) is 4.42. The maximum Gasteiger partial charge on any atom is 0.168 e. The van der Waals surface area contributed by atoms with Gasteiger partial charge in [0.15, 0.2) is 6.29 Å². The van der Waals surface area contributed by atoms with Gasteiger partial charge in [-0.3, -0.25) is 0 Å². The average Bonchev–Trinajstić information content (AvgIpc) is 2.51. The highest BCUT2D eigenvalue weighted by Gasteiger charge is 2.37. The first kappa shape index (κ1) is 15.8. The van der Waals surface area contributed by atoms with Crippen molar-refractivity contribution < 1.29 is 19.3 Å². The second kappa shape index (κ2) is 7.97. The summed E-state index contributed by atoms with van der Waals surface area (Å²) in [4.78, 5) is 2.71.